The summed E-state index contributed by atoms with van der Waals surface area (Å²) in [7, 11) is 0. The Hall–Kier alpha value is -1.43. The third-order valence-corrected chi connectivity index (χ3v) is 2.25. The van der Waals surface area contributed by atoms with E-state index in [0.29, 0.717) is 18.9 Å². The van der Waals surface area contributed by atoms with E-state index in [1.165, 1.54) is 6.33 Å². The van der Waals surface area contributed by atoms with E-state index in [0.717, 1.165) is 19.5 Å². The van der Waals surface area contributed by atoms with Crippen molar-refractivity contribution >= 4 is 11.9 Å². The quantitative estimate of drug-likeness (QED) is 0.681. The fraction of sp³-hybridized carbons (Fsp3) is 0.625. The van der Waals surface area contributed by atoms with Crippen molar-refractivity contribution < 1.29 is 4.79 Å². The van der Waals surface area contributed by atoms with Gasteiger partial charge in [-0.15, -0.1) is 0 Å². The number of amides is 1. The molecule has 1 aromatic rings. The molecule has 1 aromatic heterocycles. The summed E-state index contributed by atoms with van der Waals surface area (Å²) in [4.78, 5) is 17.3. The number of carbonyl (C=O) groups is 1. The van der Waals surface area contributed by atoms with Crippen molar-refractivity contribution in [1.29, 1.82) is 0 Å². The van der Waals surface area contributed by atoms with Crippen LogP contribution in [0.2, 0.25) is 0 Å². The van der Waals surface area contributed by atoms with Gasteiger partial charge in [-0.1, -0.05) is 0 Å². The first kappa shape index (κ1) is 9.14. The second kappa shape index (κ2) is 3.75. The average molecular weight is 195 g/mol. The van der Waals surface area contributed by atoms with Gasteiger partial charge in [0.15, 0.2) is 0 Å². The molecule has 0 aromatic carbocycles. The van der Waals surface area contributed by atoms with Crippen molar-refractivity contribution in [3.63, 3.8) is 0 Å². The highest BCUT2D eigenvalue weighted by atomic mass is 16.2. The van der Waals surface area contributed by atoms with Gasteiger partial charge < -0.3 is 5.73 Å². The molecule has 0 fully saturated rings. The normalized spacial score (nSPS) is 15.4. The van der Waals surface area contributed by atoms with Gasteiger partial charge in [-0.3, -0.25) is 9.69 Å². The molecule has 0 spiro atoms. The highest BCUT2D eigenvalue weighted by molar-refractivity contribution is 5.91. The van der Waals surface area contributed by atoms with E-state index >= 15 is 0 Å². The zero-order valence-corrected chi connectivity index (χ0v) is 7.89. The molecule has 0 atom stereocenters. The Morgan fingerprint density at radius 3 is 3.21 bits per heavy atom. The third-order valence-electron chi connectivity index (χ3n) is 2.25. The van der Waals surface area contributed by atoms with E-state index in [4.69, 9.17) is 5.73 Å². The number of rotatable bonds is 2. The van der Waals surface area contributed by atoms with Gasteiger partial charge in [0.25, 0.3) is 0 Å². The van der Waals surface area contributed by atoms with Gasteiger partial charge in [-0.05, 0) is 6.42 Å². The third kappa shape index (κ3) is 1.48. The monoisotopic (exact) mass is 195 g/mol. The summed E-state index contributed by atoms with van der Waals surface area (Å²) in [5, 5.41) is 4.03. The van der Waals surface area contributed by atoms with Crippen molar-refractivity contribution in [3.05, 3.63) is 6.33 Å². The minimum absolute atomic E-state index is 0.0291. The SMILES string of the molecule is NCCC(=O)N1CCCn2ncnc21. The summed E-state index contributed by atoms with van der Waals surface area (Å²) in [6.45, 7) is 1.93. The predicted molar refractivity (Wildman–Crippen MR) is 50.7 cm³/mol. The van der Waals surface area contributed by atoms with Gasteiger partial charge in [-0.2, -0.15) is 10.1 Å². The Morgan fingerprint density at radius 1 is 1.57 bits per heavy atom. The summed E-state index contributed by atoms with van der Waals surface area (Å²) in [6, 6.07) is 0. The summed E-state index contributed by atoms with van der Waals surface area (Å²) < 4.78 is 1.75. The molecule has 0 saturated carbocycles. The molecule has 0 bridgehead atoms. The molecular formula is C8H13N5O. The first-order valence-corrected chi connectivity index (χ1v) is 4.71. The van der Waals surface area contributed by atoms with Crippen molar-refractivity contribution in [2.75, 3.05) is 18.0 Å². The number of nitrogens with zero attached hydrogens (tertiary/aromatic N) is 4. The number of anilines is 1. The lowest BCUT2D eigenvalue weighted by atomic mass is 10.3. The Morgan fingerprint density at radius 2 is 2.43 bits per heavy atom. The van der Waals surface area contributed by atoms with E-state index < -0.39 is 0 Å². The number of nitrogens with two attached hydrogens (primary N) is 1. The van der Waals surface area contributed by atoms with Crippen molar-refractivity contribution in [2.24, 2.45) is 5.73 Å². The van der Waals surface area contributed by atoms with E-state index in [-0.39, 0.29) is 5.91 Å². The first-order chi connectivity index (χ1) is 6.83. The molecule has 2 heterocycles. The predicted octanol–water partition coefficient (Wildman–Crippen LogP) is -0.636. The second-order valence-electron chi connectivity index (χ2n) is 3.22. The lowest BCUT2D eigenvalue weighted by molar-refractivity contribution is -0.118. The molecule has 2 N–H and O–H groups in total. The van der Waals surface area contributed by atoms with Crippen molar-refractivity contribution in [2.45, 2.75) is 19.4 Å². The molecule has 6 heteroatoms. The van der Waals surface area contributed by atoms with Gasteiger partial charge in [0.05, 0.1) is 0 Å². The van der Waals surface area contributed by atoms with Crippen LogP contribution in [0.3, 0.4) is 0 Å². The Balaban J connectivity index is 2.19. The zero-order valence-electron chi connectivity index (χ0n) is 7.89. The van der Waals surface area contributed by atoms with Crippen LogP contribution in [0.15, 0.2) is 6.33 Å². The number of fused-ring (bicyclic) bond motifs is 1. The fourth-order valence-electron chi connectivity index (χ4n) is 1.60. The summed E-state index contributed by atoms with van der Waals surface area (Å²) >= 11 is 0. The van der Waals surface area contributed by atoms with Crippen LogP contribution >= 0.6 is 0 Å². The fourth-order valence-corrected chi connectivity index (χ4v) is 1.60. The van der Waals surface area contributed by atoms with Crippen LogP contribution in [0.25, 0.3) is 0 Å². The molecule has 76 valence electrons. The molecular weight excluding hydrogens is 182 g/mol. The summed E-state index contributed by atoms with van der Waals surface area (Å²) in [6.07, 6.45) is 2.77. The zero-order chi connectivity index (χ0) is 9.97. The molecule has 1 aliphatic rings. The topological polar surface area (TPSA) is 77.0 Å². The largest absolute Gasteiger partial charge is 0.330 e. The number of hydrogen-bond donors (Lipinski definition) is 1. The van der Waals surface area contributed by atoms with Gasteiger partial charge >= 0.3 is 0 Å². The minimum atomic E-state index is 0.0291. The molecule has 6 nitrogen and oxygen atoms in total. The van der Waals surface area contributed by atoms with Crippen LogP contribution in [0.4, 0.5) is 5.95 Å². The highest BCUT2D eigenvalue weighted by Crippen LogP contribution is 2.16. The maximum atomic E-state index is 11.6. The molecule has 0 radical (unpaired) electrons. The molecule has 2 rings (SSSR count). The molecule has 0 unspecified atom stereocenters. The summed E-state index contributed by atoms with van der Waals surface area (Å²) in [5.74, 6) is 0.677. The van der Waals surface area contributed by atoms with Crippen LogP contribution in [-0.2, 0) is 11.3 Å². The van der Waals surface area contributed by atoms with Crippen molar-refractivity contribution in [3.8, 4) is 0 Å². The highest BCUT2D eigenvalue weighted by Gasteiger charge is 2.23. The molecule has 0 saturated heterocycles. The van der Waals surface area contributed by atoms with E-state index in [1.54, 1.807) is 9.58 Å². The van der Waals surface area contributed by atoms with Gasteiger partial charge in [0.1, 0.15) is 6.33 Å². The second-order valence-corrected chi connectivity index (χ2v) is 3.22. The van der Waals surface area contributed by atoms with E-state index in [1.807, 2.05) is 0 Å². The number of aromatic nitrogens is 3. The minimum Gasteiger partial charge on any atom is -0.330 e. The first-order valence-electron chi connectivity index (χ1n) is 4.71. The van der Waals surface area contributed by atoms with Crippen LogP contribution in [0, 0.1) is 0 Å². The Kier molecular flexibility index (Phi) is 2.45. The molecule has 0 aliphatic carbocycles. The Bertz CT molecular complexity index is 334. The van der Waals surface area contributed by atoms with Crippen LogP contribution in [-0.4, -0.2) is 33.8 Å². The van der Waals surface area contributed by atoms with E-state index in [9.17, 15) is 4.79 Å². The van der Waals surface area contributed by atoms with Gasteiger partial charge in [-0.25, -0.2) is 4.68 Å². The molecule has 1 amide bonds. The van der Waals surface area contributed by atoms with Crippen LogP contribution < -0.4 is 10.6 Å². The van der Waals surface area contributed by atoms with Crippen molar-refractivity contribution in [1.82, 2.24) is 14.8 Å². The van der Waals surface area contributed by atoms with E-state index in [2.05, 4.69) is 10.1 Å². The van der Waals surface area contributed by atoms with Crippen LogP contribution in [0.5, 0.6) is 0 Å². The lowest BCUT2D eigenvalue weighted by Crippen LogP contribution is -2.38. The Labute approximate surface area is 81.7 Å². The molecule has 1 aliphatic heterocycles. The van der Waals surface area contributed by atoms with Gasteiger partial charge in [0, 0.05) is 26.1 Å². The number of hydrogen-bond acceptors (Lipinski definition) is 4. The molecule has 14 heavy (non-hydrogen) atoms. The summed E-state index contributed by atoms with van der Waals surface area (Å²) in [5.41, 5.74) is 5.34. The smallest absolute Gasteiger partial charge is 0.230 e. The maximum absolute atomic E-state index is 11.6. The standard InChI is InChI=1S/C8H13N5O/c9-3-2-7(14)12-4-1-5-13-8(12)10-6-11-13/h6H,1-5,9H2. The maximum Gasteiger partial charge on any atom is 0.230 e. The van der Waals surface area contributed by atoms with Crippen LogP contribution in [0.1, 0.15) is 12.8 Å². The lowest BCUT2D eigenvalue weighted by Gasteiger charge is -2.25. The van der Waals surface area contributed by atoms with Gasteiger partial charge in [0.2, 0.25) is 11.9 Å². The number of aryl methyl sites for hydroxylation is 1. The average Bonchev–Trinajstić information content (AvgIpc) is 2.65. The number of carbonyl (C=O) groups excluding carboxylic acids is 1.